The average Bonchev–Trinajstić information content (AvgIpc) is 1.52. The lowest BCUT2D eigenvalue weighted by Crippen LogP contribution is -1.93. The molecule has 17 rings (SSSR count). The average molecular weight is 1250 g/mol. The molecule has 16 nitrogen and oxygen atoms in total. The number of aromatic amines is 8. The number of aryl methyl sites for hydroxylation is 2. The van der Waals surface area contributed by atoms with Crippen molar-refractivity contribution in [2.75, 3.05) is 0 Å². The molecule has 0 fully saturated rings. The summed E-state index contributed by atoms with van der Waals surface area (Å²) < 4.78 is 0. The summed E-state index contributed by atoms with van der Waals surface area (Å²) in [5.74, 6) is 0. The van der Waals surface area contributed by atoms with Crippen molar-refractivity contribution in [3.63, 3.8) is 0 Å². The molecular formula is C80H62N16. The van der Waals surface area contributed by atoms with Crippen LogP contribution < -0.4 is 0 Å². The van der Waals surface area contributed by atoms with Crippen molar-refractivity contribution >= 4 is 0 Å². The van der Waals surface area contributed by atoms with E-state index in [0.29, 0.717) is 0 Å². The van der Waals surface area contributed by atoms with Gasteiger partial charge >= 0.3 is 0 Å². The first kappa shape index (κ1) is 59.0. The van der Waals surface area contributed by atoms with E-state index >= 15 is 0 Å². The van der Waals surface area contributed by atoms with E-state index in [0.717, 1.165) is 158 Å². The van der Waals surface area contributed by atoms with Crippen LogP contribution in [0.4, 0.5) is 0 Å². The minimum Gasteiger partial charge on any atom is -0.277 e. The summed E-state index contributed by atoms with van der Waals surface area (Å²) in [4.78, 5) is 0. The first-order valence-corrected chi connectivity index (χ1v) is 31.5. The number of nitrogens with one attached hydrogen (secondary N) is 8. The van der Waals surface area contributed by atoms with Crippen molar-refractivity contribution in [2.45, 2.75) is 13.8 Å². The second-order valence-electron chi connectivity index (χ2n) is 23.1. The number of hydrogen-bond donors (Lipinski definition) is 8. The molecule has 8 aromatic heterocycles. The van der Waals surface area contributed by atoms with Gasteiger partial charge in [-0.15, -0.1) is 0 Å². The molecule has 8 N–H and O–H groups in total. The van der Waals surface area contributed by atoms with Crippen LogP contribution in [0.2, 0.25) is 0 Å². The van der Waals surface area contributed by atoms with Gasteiger partial charge in [-0.25, -0.2) is 0 Å². The molecule has 0 aliphatic rings. The van der Waals surface area contributed by atoms with Crippen molar-refractivity contribution in [1.82, 2.24) is 81.6 Å². The summed E-state index contributed by atoms with van der Waals surface area (Å²) in [6, 6.07) is 98.4. The number of hydrogen-bond acceptors (Lipinski definition) is 8. The number of aromatic nitrogens is 16. The van der Waals surface area contributed by atoms with Crippen molar-refractivity contribution < 1.29 is 0 Å². The zero-order valence-corrected chi connectivity index (χ0v) is 52.3. The highest BCUT2D eigenvalue weighted by Gasteiger charge is 2.23. The standard InChI is InChI=1S/C42H30N8.C20H18N4.C18H14N4/c1-5-13-27(14-6-1)35-23-39(47-43-35)31-21-33(41-25-37(45-49-41)29-17-9-3-10-18-29)34(42-26-38(46-50-42)30-19-11-4-12-20-30)22-32(31)40-24-36(44-48-40)28-15-7-2-8-16-28;1-13-7-3-5-9-15(13)17-11-19(23-21-17)20-12-18(22-24-20)16-10-6-4-8-14(16)2;1-3-7-13(8-4-1)15-11-17(21-19-15)18-12-16(20-22-18)14-9-5-2-6-10-14/h1-26H,(H,43,47)(H,44,48)(H,45,49)(H,46,50);3-12H,1-2H3,(H,21,23)(H,22,24);1-12H,(H,19,21)(H,20,22). The van der Waals surface area contributed by atoms with Crippen molar-refractivity contribution in [2.24, 2.45) is 0 Å². The van der Waals surface area contributed by atoms with Gasteiger partial charge < -0.3 is 0 Å². The van der Waals surface area contributed by atoms with Gasteiger partial charge in [-0.1, -0.05) is 231 Å². The lowest BCUT2D eigenvalue weighted by Gasteiger charge is -2.14. The van der Waals surface area contributed by atoms with Gasteiger partial charge in [-0.05, 0) is 91.2 Å². The summed E-state index contributed by atoms with van der Waals surface area (Å²) in [6.07, 6.45) is 0. The normalized spacial score (nSPS) is 11.0. The van der Waals surface area contributed by atoms with Crippen molar-refractivity contribution in [3.8, 4) is 158 Å². The third-order valence-corrected chi connectivity index (χ3v) is 16.8. The lowest BCUT2D eigenvalue weighted by molar-refractivity contribution is 1.06. The van der Waals surface area contributed by atoms with Crippen molar-refractivity contribution in [3.05, 3.63) is 302 Å². The molecule has 8 heterocycles. The Bertz CT molecular complexity index is 4870. The Morgan fingerprint density at radius 3 is 0.698 bits per heavy atom. The fourth-order valence-corrected chi connectivity index (χ4v) is 11.7. The molecule has 16 heteroatoms. The van der Waals surface area contributed by atoms with Gasteiger partial charge in [0, 0.05) is 61.2 Å². The quantitative estimate of drug-likeness (QED) is 0.0521. The second kappa shape index (κ2) is 26.9. The Morgan fingerprint density at radius 2 is 0.375 bits per heavy atom. The molecule has 17 aromatic rings. The molecule has 0 aliphatic heterocycles. The van der Waals surface area contributed by atoms with E-state index in [9.17, 15) is 0 Å². The minimum absolute atomic E-state index is 0.805. The van der Waals surface area contributed by atoms with Crippen molar-refractivity contribution in [1.29, 1.82) is 0 Å². The third-order valence-electron chi connectivity index (χ3n) is 16.8. The molecule has 0 saturated heterocycles. The summed E-state index contributed by atoms with van der Waals surface area (Å²) in [6.45, 7) is 4.19. The summed E-state index contributed by atoms with van der Waals surface area (Å²) >= 11 is 0. The van der Waals surface area contributed by atoms with E-state index in [1.807, 2.05) is 170 Å². The lowest BCUT2D eigenvalue weighted by atomic mass is 9.91. The van der Waals surface area contributed by atoms with Crippen LogP contribution in [-0.4, -0.2) is 81.6 Å². The van der Waals surface area contributed by atoms with Crippen LogP contribution in [0.5, 0.6) is 0 Å². The molecule has 0 amide bonds. The van der Waals surface area contributed by atoms with Gasteiger partial charge in [0.1, 0.15) is 0 Å². The predicted octanol–water partition coefficient (Wildman–Crippen LogP) is 18.8. The van der Waals surface area contributed by atoms with E-state index in [-0.39, 0.29) is 0 Å². The topological polar surface area (TPSA) is 229 Å². The Hall–Kier alpha value is -13.3. The highest BCUT2D eigenvalue weighted by Crippen LogP contribution is 2.43. The maximum atomic E-state index is 4.84. The monoisotopic (exact) mass is 1250 g/mol. The molecule has 0 radical (unpaired) electrons. The van der Waals surface area contributed by atoms with E-state index in [2.05, 4.69) is 196 Å². The Labute approximate surface area is 552 Å². The smallest absolute Gasteiger partial charge is 0.0934 e. The van der Waals surface area contributed by atoms with Gasteiger partial charge in [0.05, 0.1) is 91.1 Å². The summed E-state index contributed by atoms with van der Waals surface area (Å²) in [5, 5.41) is 62.3. The van der Waals surface area contributed by atoms with Crippen LogP contribution in [0.15, 0.2) is 291 Å². The zero-order chi connectivity index (χ0) is 64.6. The van der Waals surface area contributed by atoms with Gasteiger partial charge in [0.15, 0.2) is 0 Å². The van der Waals surface area contributed by atoms with Gasteiger partial charge in [-0.3, -0.25) is 40.8 Å². The van der Waals surface area contributed by atoms with E-state index in [1.165, 1.54) is 11.1 Å². The van der Waals surface area contributed by atoms with Gasteiger partial charge in [0.2, 0.25) is 0 Å². The molecule has 0 bridgehead atoms. The Balaban J connectivity index is 0.000000136. The molecule has 0 saturated carbocycles. The zero-order valence-electron chi connectivity index (χ0n) is 52.3. The first-order valence-electron chi connectivity index (χ1n) is 31.5. The SMILES string of the molecule is Cc1ccccc1-c1cc(-c2cc(-c3ccccc3C)n[nH]2)[nH]n1.c1ccc(-c2cc(-c3cc(-c4cc(-c5ccccc5)n[nH]4)c(-c4cc(-c5ccccc5)n[nH]4)cc3-c3cc(-c4ccccc4)[nH]n3)[nH]n2)cc1.c1ccc(-c2cc(-c3cc(-c4ccccc4)n[nH]3)[nH]n2)cc1. The minimum atomic E-state index is 0.805. The van der Waals surface area contributed by atoms with E-state index in [4.69, 9.17) is 20.4 Å². The maximum absolute atomic E-state index is 4.84. The second-order valence-corrected chi connectivity index (χ2v) is 23.1. The summed E-state index contributed by atoms with van der Waals surface area (Å²) in [5.41, 5.74) is 29.2. The van der Waals surface area contributed by atoms with Gasteiger partial charge in [-0.2, -0.15) is 40.8 Å². The molecule has 0 atom stereocenters. The van der Waals surface area contributed by atoms with Gasteiger partial charge in [0.25, 0.3) is 0 Å². The number of H-pyrrole nitrogens is 8. The first-order chi connectivity index (χ1) is 47.4. The van der Waals surface area contributed by atoms with Crippen LogP contribution in [0.3, 0.4) is 0 Å². The largest absolute Gasteiger partial charge is 0.277 e. The molecular weight excluding hydrogens is 1180 g/mol. The molecule has 9 aromatic carbocycles. The molecule has 0 unspecified atom stereocenters. The van der Waals surface area contributed by atoms with E-state index < -0.39 is 0 Å². The molecule has 0 aliphatic carbocycles. The van der Waals surface area contributed by atoms with Crippen LogP contribution >= 0.6 is 0 Å². The number of rotatable bonds is 14. The Morgan fingerprint density at radius 1 is 0.167 bits per heavy atom. The maximum Gasteiger partial charge on any atom is 0.0934 e. The number of nitrogens with zero attached hydrogens (tertiary/aromatic N) is 8. The Kier molecular flexibility index (Phi) is 16.5. The summed E-state index contributed by atoms with van der Waals surface area (Å²) in [7, 11) is 0. The third kappa shape index (κ3) is 12.7. The van der Waals surface area contributed by atoms with Crippen LogP contribution in [-0.2, 0) is 0 Å². The fourth-order valence-electron chi connectivity index (χ4n) is 11.7. The van der Waals surface area contributed by atoms with Crippen LogP contribution in [0, 0.1) is 13.8 Å². The van der Waals surface area contributed by atoms with Crippen LogP contribution in [0.25, 0.3) is 158 Å². The molecule has 0 spiro atoms. The fraction of sp³-hybridized carbons (Fsp3) is 0.0250. The van der Waals surface area contributed by atoms with Crippen LogP contribution in [0.1, 0.15) is 11.1 Å². The van der Waals surface area contributed by atoms with E-state index in [1.54, 1.807) is 0 Å². The molecule has 96 heavy (non-hydrogen) atoms. The molecule has 462 valence electrons. The highest BCUT2D eigenvalue weighted by molar-refractivity contribution is 5.94. The predicted molar refractivity (Wildman–Crippen MR) is 382 cm³/mol. The highest BCUT2D eigenvalue weighted by atomic mass is 15.2. The number of benzene rings is 9.